The molecule has 0 bridgehead atoms. The molecule has 2 nitrogen and oxygen atoms in total. The third kappa shape index (κ3) is 2.10. The van der Waals surface area contributed by atoms with Crippen LogP contribution in [0.3, 0.4) is 0 Å². The summed E-state index contributed by atoms with van der Waals surface area (Å²) >= 11 is 0. The van der Waals surface area contributed by atoms with Crippen molar-refractivity contribution >= 4 is 5.57 Å². The fourth-order valence-corrected chi connectivity index (χ4v) is 1.16. The maximum atomic E-state index is 5.49. The van der Waals surface area contributed by atoms with Gasteiger partial charge in [0.05, 0.1) is 7.11 Å². The van der Waals surface area contributed by atoms with Crippen LogP contribution >= 0.6 is 0 Å². The third-order valence-corrected chi connectivity index (χ3v) is 2.06. The minimum atomic E-state index is 0.478. The summed E-state index contributed by atoms with van der Waals surface area (Å²) in [6, 6.07) is 5.98. The number of rotatable bonds is 3. The number of nitrogens with two attached hydrogens (primary N) is 1. The van der Waals surface area contributed by atoms with Crippen LogP contribution in [-0.4, -0.2) is 13.7 Å². The van der Waals surface area contributed by atoms with Gasteiger partial charge in [0.15, 0.2) is 0 Å². The fraction of sp³-hybridized carbons (Fsp3) is 0.273. The smallest absolute Gasteiger partial charge is 0.122 e. The van der Waals surface area contributed by atoms with Crippen LogP contribution in [0.4, 0.5) is 0 Å². The van der Waals surface area contributed by atoms with Gasteiger partial charge >= 0.3 is 0 Å². The third-order valence-electron chi connectivity index (χ3n) is 2.06. The Morgan fingerprint density at radius 1 is 1.54 bits per heavy atom. The second-order valence-corrected chi connectivity index (χ2v) is 2.99. The minimum Gasteiger partial charge on any atom is -0.496 e. The first-order chi connectivity index (χ1) is 6.19. The van der Waals surface area contributed by atoms with Gasteiger partial charge in [-0.2, -0.15) is 0 Å². The quantitative estimate of drug-likeness (QED) is 0.766. The molecule has 2 N–H and O–H groups in total. The summed E-state index contributed by atoms with van der Waals surface area (Å²) in [7, 11) is 1.66. The molecule has 0 saturated heterocycles. The first-order valence-corrected chi connectivity index (χ1v) is 4.22. The molecule has 0 aliphatic heterocycles. The zero-order chi connectivity index (χ0) is 9.84. The molecule has 70 valence electrons. The van der Waals surface area contributed by atoms with E-state index in [9.17, 15) is 0 Å². The van der Waals surface area contributed by atoms with Crippen molar-refractivity contribution in [1.82, 2.24) is 0 Å². The first kappa shape index (κ1) is 9.81. The zero-order valence-electron chi connectivity index (χ0n) is 8.13. The van der Waals surface area contributed by atoms with Gasteiger partial charge in [0.25, 0.3) is 0 Å². The Hall–Kier alpha value is -1.28. The van der Waals surface area contributed by atoms with Gasteiger partial charge < -0.3 is 10.5 Å². The number of ether oxygens (including phenoxy) is 1. The van der Waals surface area contributed by atoms with Crippen LogP contribution in [0.25, 0.3) is 5.57 Å². The average molecular weight is 177 g/mol. The highest BCUT2D eigenvalue weighted by atomic mass is 16.5. The van der Waals surface area contributed by atoms with Gasteiger partial charge in [0.1, 0.15) is 5.75 Å². The lowest BCUT2D eigenvalue weighted by molar-refractivity contribution is 0.411. The standard InChI is InChI=1S/C11H15NO/c1-8-4-5-10(9(2)7-12)6-11(8)13-3/h4-6H,2,7,12H2,1,3H3. The zero-order valence-corrected chi connectivity index (χ0v) is 8.13. The largest absolute Gasteiger partial charge is 0.496 e. The highest BCUT2D eigenvalue weighted by Crippen LogP contribution is 2.22. The van der Waals surface area contributed by atoms with E-state index >= 15 is 0 Å². The molecule has 1 aromatic rings. The van der Waals surface area contributed by atoms with Crippen molar-refractivity contribution in [3.8, 4) is 5.75 Å². The highest BCUT2D eigenvalue weighted by molar-refractivity contribution is 5.66. The molecule has 1 rings (SSSR count). The van der Waals surface area contributed by atoms with E-state index in [0.717, 1.165) is 22.4 Å². The minimum absolute atomic E-state index is 0.478. The van der Waals surface area contributed by atoms with Gasteiger partial charge in [-0.05, 0) is 29.7 Å². The molecular formula is C11H15NO. The van der Waals surface area contributed by atoms with Gasteiger partial charge in [-0.15, -0.1) is 0 Å². The normalized spacial score (nSPS) is 9.77. The summed E-state index contributed by atoms with van der Waals surface area (Å²) in [6.07, 6.45) is 0. The predicted molar refractivity (Wildman–Crippen MR) is 55.8 cm³/mol. The summed E-state index contributed by atoms with van der Waals surface area (Å²) in [5, 5.41) is 0. The van der Waals surface area contributed by atoms with E-state index in [2.05, 4.69) is 6.58 Å². The maximum Gasteiger partial charge on any atom is 0.122 e. The van der Waals surface area contributed by atoms with Crippen molar-refractivity contribution in [1.29, 1.82) is 0 Å². The maximum absolute atomic E-state index is 5.49. The molecule has 0 saturated carbocycles. The molecule has 0 aromatic heterocycles. The second-order valence-electron chi connectivity index (χ2n) is 2.99. The Morgan fingerprint density at radius 2 is 2.23 bits per heavy atom. The molecule has 0 aliphatic carbocycles. The van der Waals surface area contributed by atoms with Gasteiger partial charge in [-0.1, -0.05) is 18.7 Å². The molecule has 0 unspecified atom stereocenters. The highest BCUT2D eigenvalue weighted by Gasteiger charge is 2.01. The van der Waals surface area contributed by atoms with E-state index in [0.29, 0.717) is 6.54 Å². The van der Waals surface area contributed by atoms with Gasteiger partial charge in [0.2, 0.25) is 0 Å². The first-order valence-electron chi connectivity index (χ1n) is 4.22. The summed E-state index contributed by atoms with van der Waals surface area (Å²) in [6.45, 7) is 6.35. The number of hydrogen-bond acceptors (Lipinski definition) is 2. The lowest BCUT2D eigenvalue weighted by Crippen LogP contribution is -2.01. The van der Waals surface area contributed by atoms with E-state index in [1.165, 1.54) is 0 Å². The Labute approximate surface area is 79.0 Å². The summed E-state index contributed by atoms with van der Waals surface area (Å²) in [5.74, 6) is 0.882. The lowest BCUT2D eigenvalue weighted by atomic mass is 10.1. The van der Waals surface area contributed by atoms with E-state index in [-0.39, 0.29) is 0 Å². The van der Waals surface area contributed by atoms with Crippen molar-refractivity contribution in [2.24, 2.45) is 5.73 Å². The second kappa shape index (κ2) is 4.10. The predicted octanol–water partition coefficient (Wildman–Crippen LogP) is 1.98. The van der Waals surface area contributed by atoms with Crippen molar-refractivity contribution in [3.63, 3.8) is 0 Å². The molecule has 0 radical (unpaired) electrons. The summed E-state index contributed by atoms with van der Waals surface area (Å²) in [4.78, 5) is 0. The van der Waals surface area contributed by atoms with Crippen molar-refractivity contribution in [2.75, 3.05) is 13.7 Å². The van der Waals surface area contributed by atoms with Gasteiger partial charge in [-0.3, -0.25) is 0 Å². The molecule has 0 aliphatic rings. The van der Waals surface area contributed by atoms with Crippen LogP contribution in [0.2, 0.25) is 0 Å². The van der Waals surface area contributed by atoms with E-state index in [1.54, 1.807) is 7.11 Å². The lowest BCUT2D eigenvalue weighted by Gasteiger charge is -2.08. The van der Waals surface area contributed by atoms with Crippen LogP contribution in [0.15, 0.2) is 24.8 Å². The number of methoxy groups -OCH3 is 1. The molecular weight excluding hydrogens is 162 g/mol. The molecule has 0 spiro atoms. The monoisotopic (exact) mass is 177 g/mol. The molecule has 13 heavy (non-hydrogen) atoms. The summed E-state index contributed by atoms with van der Waals surface area (Å²) < 4.78 is 5.20. The molecule has 2 heteroatoms. The number of aryl methyl sites for hydroxylation is 1. The Kier molecular flexibility index (Phi) is 3.09. The van der Waals surface area contributed by atoms with Crippen LogP contribution in [0.1, 0.15) is 11.1 Å². The Balaban J connectivity index is 3.06. The molecule has 1 aromatic carbocycles. The molecule has 0 fully saturated rings. The average Bonchev–Trinajstić information content (AvgIpc) is 2.17. The van der Waals surface area contributed by atoms with Crippen LogP contribution < -0.4 is 10.5 Å². The van der Waals surface area contributed by atoms with Crippen molar-refractivity contribution < 1.29 is 4.74 Å². The van der Waals surface area contributed by atoms with Crippen LogP contribution in [0.5, 0.6) is 5.75 Å². The topological polar surface area (TPSA) is 35.2 Å². The van der Waals surface area contributed by atoms with E-state index < -0.39 is 0 Å². The fourth-order valence-electron chi connectivity index (χ4n) is 1.16. The van der Waals surface area contributed by atoms with Gasteiger partial charge in [-0.25, -0.2) is 0 Å². The SMILES string of the molecule is C=C(CN)c1ccc(C)c(OC)c1. The van der Waals surface area contributed by atoms with Crippen LogP contribution in [-0.2, 0) is 0 Å². The molecule has 0 heterocycles. The van der Waals surface area contributed by atoms with Crippen molar-refractivity contribution in [3.05, 3.63) is 35.9 Å². The molecule has 0 amide bonds. The Bertz CT molecular complexity index is 318. The van der Waals surface area contributed by atoms with E-state index in [4.69, 9.17) is 10.5 Å². The van der Waals surface area contributed by atoms with E-state index in [1.807, 2.05) is 25.1 Å². The van der Waals surface area contributed by atoms with Crippen molar-refractivity contribution in [2.45, 2.75) is 6.92 Å². The molecule has 0 atom stereocenters. The van der Waals surface area contributed by atoms with Gasteiger partial charge in [0, 0.05) is 6.54 Å². The Morgan fingerprint density at radius 3 is 2.77 bits per heavy atom. The summed E-state index contributed by atoms with van der Waals surface area (Å²) in [5.41, 5.74) is 8.59. The number of benzene rings is 1. The number of hydrogen-bond donors (Lipinski definition) is 1. The van der Waals surface area contributed by atoms with Crippen LogP contribution in [0, 0.1) is 6.92 Å².